The van der Waals surface area contributed by atoms with Gasteiger partial charge in [0.1, 0.15) is 17.5 Å². The van der Waals surface area contributed by atoms with Gasteiger partial charge in [-0.05, 0) is 42.9 Å². The maximum Gasteiger partial charge on any atom is 0.316 e. The van der Waals surface area contributed by atoms with Gasteiger partial charge < -0.3 is 9.84 Å². The summed E-state index contributed by atoms with van der Waals surface area (Å²) in [6.07, 6.45) is 2.26. The number of methoxy groups -OCH3 is 1. The van der Waals surface area contributed by atoms with Crippen LogP contribution in [0.5, 0.6) is 5.75 Å². The highest BCUT2D eigenvalue weighted by Gasteiger charge is 2.44. The fraction of sp³-hybridized carbons (Fsp3) is 0.500. The highest BCUT2D eigenvalue weighted by molar-refractivity contribution is 6.02. The lowest BCUT2D eigenvalue weighted by atomic mass is 9.95. The number of rotatable bonds is 4. The van der Waals surface area contributed by atoms with Crippen molar-refractivity contribution in [1.82, 2.24) is 0 Å². The van der Waals surface area contributed by atoms with Gasteiger partial charge in [0.05, 0.1) is 7.11 Å². The van der Waals surface area contributed by atoms with Gasteiger partial charge in [0.15, 0.2) is 0 Å². The molecule has 108 valence electrons. The number of hydrogen-bond donors (Lipinski definition) is 1. The van der Waals surface area contributed by atoms with E-state index in [4.69, 9.17) is 4.74 Å². The van der Waals surface area contributed by atoms with Crippen LogP contribution in [0.3, 0.4) is 0 Å². The molecule has 1 saturated carbocycles. The van der Waals surface area contributed by atoms with Crippen LogP contribution in [0, 0.1) is 17.8 Å². The number of esters is 1. The van der Waals surface area contributed by atoms with Crippen LogP contribution >= 0.6 is 0 Å². The van der Waals surface area contributed by atoms with E-state index in [1.807, 2.05) is 19.1 Å². The van der Waals surface area contributed by atoms with E-state index in [1.165, 1.54) is 7.11 Å². The van der Waals surface area contributed by atoms with Crippen LogP contribution in [0.1, 0.15) is 25.3 Å². The summed E-state index contributed by atoms with van der Waals surface area (Å²) in [5.74, 6) is -0.754. The Hall–Kier alpha value is -1.84. The van der Waals surface area contributed by atoms with Crippen molar-refractivity contribution in [3.63, 3.8) is 0 Å². The first-order valence-corrected chi connectivity index (χ1v) is 6.92. The van der Waals surface area contributed by atoms with Crippen molar-refractivity contribution in [3.8, 4) is 5.75 Å². The van der Waals surface area contributed by atoms with Gasteiger partial charge in [-0.1, -0.05) is 19.1 Å². The molecule has 0 bridgehead atoms. The normalized spacial score (nSPS) is 25.7. The van der Waals surface area contributed by atoms with Crippen LogP contribution < -0.4 is 0 Å². The molecule has 20 heavy (non-hydrogen) atoms. The van der Waals surface area contributed by atoms with Crippen molar-refractivity contribution in [1.29, 1.82) is 0 Å². The Morgan fingerprint density at radius 2 is 2.00 bits per heavy atom. The third-order valence-corrected chi connectivity index (χ3v) is 4.11. The van der Waals surface area contributed by atoms with Gasteiger partial charge in [0.25, 0.3) is 0 Å². The number of Topliss-reactive ketones (excluding diaryl/α,β-unsaturated/α-hetero) is 1. The first-order chi connectivity index (χ1) is 9.52. The third kappa shape index (κ3) is 3.00. The quantitative estimate of drug-likeness (QED) is 0.677. The molecule has 1 fully saturated rings. The number of carbonyl (C=O) groups excluding carboxylic acids is 2. The lowest BCUT2D eigenvalue weighted by Crippen LogP contribution is -2.26. The Morgan fingerprint density at radius 3 is 2.60 bits per heavy atom. The molecular weight excluding hydrogens is 256 g/mol. The second-order valence-corrected chi connectivity index (χ2v) is 5.52. The van der Waals surface area contributed by atoms with E-state index < -0.39 is 11.9 Å². The number of ether oxygens (including phenoxy) is 1. The lowest BCUT2D eigenvalue weighted by molar-refractivity contribution is -0.150. The summed E-state index contributed by atoms with van der Waals surface area (Å²) in [7, 11) is 1.33. The van der Waals surface area contributed by atoms with Crippen molar-refractivity contribution in [2.75, 3.05) is 7.11 Å². The topological polar surface area (TPSA) is 63.6 Å². The Balaban J connectivity index is 1.96. The van der Waals surface area contributed by atoms with Crippen LogP contribution in [-0.2, 0) is 20.7 Å². The summed E-state index contributed by atoms with van der Waals surface area (Å²) in [5.41, 5.74) is 1.09. The van der Waals surface area contributed by atoms with E-state index in [2.05, 4.69) is 0 Å². The predicted molar refractivity (Wildman–Crippen MR) is 74.2 cm³/mol. The van der Waals surface area contributed by atoms with Gasteiger partial charge in [-0.15, -0.1) is 0 Å². The molecule has 2 rings (SSSR count). The lowest BCUT2D eigenvalue weighted by Gasteiger charge is -2.10. The van der Waals surface area contributed by atoms with Gasteiger partial charge >= 0.3 is 5.97 Å². The van der Waals surface area contributed by atoms with Gasteiger partial charge in [0.2, 0.25) is 0 Å². The monoisotopic (exact) mass is 276 g/mol. The molecule has 0 saturated heterocycles. The van der Waals surface area contributed by atoms with Crippen molar-refractivity contribution in [3.05, 3.63) is 29.8 Å². The molecule has 4 heteroatoms. The summed E-state index contributed by atoms with van der Waals surface area (Å²) in [6.45, 7) is 1.93. The van der Waals surface area contributed by atoms with E-state index >= 15 is 0 Å². The second-order valence-electron chi connectivity index (χ2n) is 5.52. The maximum atomic E-state index is 12.3. The van der Waals surface area contributed by atoms with Crippen LogP contribution in [0.15, 0.2) is 24.3 Å². The fourth-order valence-corrected chi connectivity index (χ4v) is 2.97. The van der Waals surface area contributed by atoms with E-state index in [-0.39, 0.29) is 23.4 Å². The number of hydrogen-bond acceptors (Lipinski definition) is 4. The molecule has 0 aromatic heterocycles. The average Bonchev–Trinajstić information content (AvgIpc) is 2.72. The Morgan fingerprint density at radius 1 is 1.35 bits per heavy atom. The number of ketones is 1. The van der Waals surface area contributed by atoms with Crippen molar-refractivity contribution < 1.29 is 19.4 Å². The largest absolute Gasteiger partial charge is 0.508 e. The third-order valence-electron chi connectivity index (χ3n) is 4.11. The summed E-state index contributed by atoms with van der Waals surface area (Å²) in [4.78, 5) is 23.9. The van der Waals surface area contributed by atoms with Gasteiger partial charge in [0, 0.05) is 5.92 Å². The summed E-state index contributed by atoms with van der Waals surface area (Å²) in [5, 5.41) is 9.23. The molecular formula is C16H20O4. The van der Waals surface area contributed by atoms with E-state index in [0.29, 0.717) is 0 Å². The first kappa shape index (κ1) is 14.6. The molecule has 0 radical (unpaired) electrons. The van der Waals surface area contributed by atoms with Crippen molar-refractivity contribution >= 4 is 11.8 Å². The van der Waals surface area contributed by atoms with Crippen molar-refractivity contribution in [2.45, 2.75) is 26.2 Å². The van der Waals surface area contributed by atoms with E-state index in [1.54, 1.807) is 12.1 Å². The number of aryl methyl sites for hydroxylation is 1. The average molecular weight is 276 g/mol. The number of aromatic hydroxyl groups is 1. The Kier molecular flexibility index (Phi) is 4.42. The molecule has 1 aromatic carbocycles. The van der Waals surface area contributed by atoms with Crippen LogP contribution in [0.2, 0.25) is 0 Å². The SMILES string of the molecule is COC(=O)C1C(=O)C(CCc2ccc(O)cc2)CC1C. The van der Waals surface area contributed by atoms with Gasteiger partial charge in [-0.2, -0.15) is 0 Å². The first-order valence-electron chi connectivity index (χ1n) is 6.92. The summed E-state index contributed by atoms with van der Waals surface area (Å²) in [6, 6.07) is 7.00. The standard InChI is InChI=1S/C16H20O4/c1-10-9-12(15(18)14(10)16(19)20-2)6-3-11-4-7-13(17)8-5-11/h4-5,7-8,10,12,14,17H,3,6,9H2,1-2H3. The van der Waals surface area contributed by atoms with Crippen LogP contribution in [0.25, 0.3) is 0 Å². The summed E-state index contributed by atoms with van der Waals surface area (Å²) < 4.78 is 4.71. The van der Waals surface area contributed by atoms with E-state index in [0.717, 1.165) is 24.8 Å². The highest BCUT2D eigenvalue weighted by atomic mass is 16.5. The second kappa shape index (κ2) is 6.07. The Labute approximate surface area is 118 Å². The summed E-state index contributed by atoms with van der Waals surface area (Å²) >= 11 is 0. The molecule has 0 amide bonds. The molecule has 1 N–H and O–H groups in total. The molecule has 0 aliphatic heterocycles. The highest BCUT2D eigenvalue weighted by Crippen LogP contribution is 2.36. The number of benzene rings is 1. The zero-order chi connectivity index (χ0) is 14.7. The molecule has 0 heterocycles. The molecule has 1 aliphatic rings. The number of phenols is 1. The van der Waals surface area contributed by atoms with Crippen molar-refractivity contribution in [2.24, 2.45) is 17.8 Å². The minimum atomic E-state index is -0.593. The molecule has 3 unspecified atom stereocenters. The van der Waals surface area contributed by atoms with Crippen LogP contribution in [-0.4, -0.2) is 24.0 Å². The molecule has 1 aromatic rings. The Bertz CT molecular complexity index is 492. The molecule has 0 spiro atoms. The smallest absolute Gasteiger partial charge is 0.316 e. The van der Waals surface area contributed by atoms with Gasteiger partial charge in [-0.3, -0.25) is 9.59 Å². The van der Waals surface area contributed by atoms with Crippen LogP contribution in [0.4, 0.5) is 0 Å². The number of phenolic OH excluding ortho intramolecular Hbond substituents is 1. The number of carbonyl (C=O) groups is 2. The predicted octanol–water partition coefficient (Wildman–Crippen LogP) is 2.34. The fourth-order valence-electron chi connectivity index (χ4n) is 2.97. The minimum Gasteiger partial charge on any atom is -0.508 e. The van der Waals surface area contributed by atoms with E-state index in [9.17, 15) is 14.7 Å². The zero-order valence-corrected chi connectivity index (χ0v) is 11.8. The molecule has 4 nitrogen and oxygen atoms in total. The zero-order valence-electron chi connectivity index (χ0n) is 11.8. The molecule has 3 atom stereocenters. The minimum absolute atomic E-state index is 0.0168. The maximum absolute atomic E-state index is 12.3. The van der Waals surface area contributed by atoms with Gasteiger partial charge in [-0.25, -0.2) is 0 Å². The molecule has 1 aliphatic carbocycles.